The van der Waals surface area contributed by atoms with Crippen molar-refractivity contribution >= 4 is 27.3 Å². The van der Waals surface area contributed by atoms with Crippen LogP contribution in [0.2, 0.25) is 0 Å². The molecule has 0 aliphatic rings. The SMILES string of the molecule is NCC(Cc1cccc(Br)c1)Cc1cscn1. The Morgan fingerprint density at radius 3 is 2.88 bits per heavy atom. The van der Waals surface area contributed by atoms with E-state index in [9.17, 15) is 0 Å². The molecule has 4 heteroatoms. The van der Waals surface area contributed by atoms with Gasteiger partial charge >= 0.3 is 0 Å². The number of nitrogens with zero attached hydrogens (tertiary/aromatic N) is 1. The number of aromatic nitrogens is 1. The molecule has 90 valence electrons. The van der Waals surface area contributed by atoms with Crippen molar-refractivity contribution in [1.82, 2.24) is 4.98 Å². The minimum atomic E-state index is 0.464. The Balaban J connectivity index is 2.00. The zero-order valence-corrected chi connectivity index (χ0v) is 11.9. The maximum Gasteiger partial charge on any atom is 0.0794 e. The number of benzene rings is 1. The van der Waals surface area contributed by atoms with Crippen LogP contribution < -0.4 is 5.73 Å². The summed E-state index contributed by atoms with van der Waals surface area (Å²) in [5, 5.41) is 2.10. The van der Waals surface area contributed by atoms with Crippen LogP contribution in [0.5, 0.6) is 0 Å². The Morgan fingerprint density at radius 1 is 1.35 bits per heavy atom. The van der Waals surface area contributed by atoms with Gasteiger partial charge in [-0.05, 0) is 43.0 Å². The summed E-state index contributed by atoms with van der Waals surface area (Å²) >= 11 is 5.13. The molecule has 2 rings (SSSR count). The fraction of sp³-hybridized carbons (Fsp3) is 0.308. The molecule has 0 saturated carbocycles. The van der Waals surface area contributed by atoms with Crippen LogP contribution in [-0.4, -0.2) is 11.5 Å². The van der Waals surface area contributed by atoms with Crippen LogP contribution >= 0.6 is 27.3 Å². The number of hydrogen-bond donors (Lipinski definition) is 1. The van der Waals surface area contributed by atoms with Gasteiger partial charge in [0.15, 0.2) is 0 Å². The van der Waals surface area contributed by atoms with E-state index in [0.29, 0.717) is 12.5 Å². The molecule has 2 nitrogen and oxygen atoms in total. The molecule has 2 N–H and O–H groups in total. The molecule has 0 aliphatic carbocycles. The highest BCUT2D eigenvalue weighted by Crippen LogP contribution is 2.17. The molecule has 1 unspecified atom stereocenters. The van der Waals surface area contributed by atoms with Gasteiger partial charge in [0.05, 0.1) is 11.2 Å². The predicted molar refractivity (Wildman–Crippen MR) is 76.2 cm³/mol. The molecule has 0 saturated heterocycles. The van der Waals surface area contributed by atoms with E-state index >= 15 is 0 Å². The minimum absolute atomic E-state index is 0.464. The molecule has 0 radical (unpaired) electrons. The standard InChI is InChI=1S/C13H15BrN2S/c14-12-3-1-2-10(5-12)4-11(7-15)6-13-8-17-9-16-13/h1-3,5,8-9,11H,4,6-7,15H2. The van der Waals surface area contributed by atoms with Gasteiger partial charge in [-0.15, -0.1) is 11.3 Å². The predicted octanol–water partition coefficient (Wildman–Crippen LogP) is 3.27. The van der Waals surface area contributed by atoms with E-state index < -0.39 is 0 Å². The lowest BCUT2D eigenvalue weighted by Crippen LogP contribution is -2.19. The number of rotatable bonds is 5. The molecule has 0 fully saturated rings. The molecular weight excluding hydrogens is 296 g/mol. The minimum Gasteiger partial charge on any atom is -0.330 e. The summed E-state index contributed by atoms with van der Waals surface area (Å²) in [6.45, 7) is 0.698. The molecule has 1 aromatic heterocycles. The van der Waals surface area contributed by atoms with Crippen LogP contribution in [0.3, 0.4) is 0 Å². The van der Waals surface area contributed by atoms with Crippen molar-refractivity contribution in [2.45, 2.75) is 12.8 Å². The van der Waals surface area contributed by atoms with E-state index in [4.69, 9.17) is 5.73 Å². The lowest BCUT2D eigenvalue weighted by atomic mass is 9.95. The van der Waals surface area contributed by atoms with Crippen LogP contribution in [0, 0.1) is 5.92 Å². The largest absolute Gasteiger partial charge is 0.330 e. The van der Waals surface area contributed by atoms with Crippen LogP contribution in [0.4, 0.5) is 0 Å². The van der Waals surface area contributed by atoms with Crippen LogP contribution in [0.15, 0.2) is 39.6 Å². The van der Waals surface area contributed by atoms with Gasteiger partial charge in [0.25, 0.3) is 0 Å². The fourth-order valence-corrected chi connectivity index (χ4v) is 2.89. The van der Waals surface area contributed by atoms with Crippen LogP contribution in [0.25, 0.3) is 0 Å². The number of thiazole rings is 1. The maximum absolute atomic E-state index is 5.84. The smallest absolute Gasteiger partial charge is 0.0794 e. The fourth-order valence-electron chi connectivity index (χ4n) is 1.87. The van der Waals surface area contributed by atoms with Gasteiger partial charge in [-0.25, -0.2) is 4.98 Å². The number of nitrogens with two attached hydrogens (primary N) is 1. The van der Waals surface area contributed by atoms with Crippen LogP contribution in [0.1, 0.15) is 11.3 Å². The molecule has 0 aliphatic heterocycles. The first-order chi connectivity index (χ1) is 8.28. The average Bonchev–Trinajstić information content (AvgIpc) is 2.81. The molecule has 0 spiro atoms. The summed E-state index contributed by atoms with van der Waals surface area (Å²) in [5.74, 6) is 0.464. The van der Waals surface area contributed by atoms with E-state index in [1.807, 2.05) is 11.6 Å². The van der Waals surface area contributed by atoms with Crippen molar-refractivity contribution in [3.05, 3.63) is 50.9 Å². The van der Waals surface area contributed by atoms with Gasteiger partial charge in [-0.3, -0.25) is 0 Å². The van der Waals surface area contributed by atoms with Gasteiger partial charge < -0.3 is 5.73 Å². The summed E-state index contributed by atoms with van der Waals surface area (Å²) in [5.41, 5.74) is 10.2. The lowest BCUT2D eigenvalue weighted by Gasteiger charge is -2.13. The van der Waals surface area contributed by atoms with E-state index in [1.165, 1.54) is 5.56 Å². The first-order valence-corrected chi connectivity index (χ1v) is 7.33. The zero-order chi connectivity index (χ0) is 12.1. The Morgan fingerprint density at radius 2 is 2.24 bits per heavy atom. The third kappa shape index (κ3) is 3.91. The third-order valence-corrected chi connectivity index (χ3v) is 3.86. The van der Waals surface area contributed by atoms with Crippen molar-refractivity contribution < 1.29 is 0 Å². The van der Waals surface area contributed by atoms with Gasteiger partial charge in [0.2, 0.25) is 0 Å². The number of hydrogen-bond acceptors (Lipinski definition) is 3. The van der Waals surface area contributed by atoms with Gasteiger partial charge in [-0.2, -0.15) is 0 Å². The second kappa shape index (κ2) is 6.28. The summed E-state index contributed by atoms with van der Waals surface area (Å²) in [6, 6.07) is 8.41. The van der Waals surface area contributed by atoms with Gasteiger partial charge in [-0.1, -0.05) is 28.1 Å². The normalized spacial score (nSPS) is 12.6. The highest BCUT2D eigenvalue weighted by Gasteiger charge is 2.10. The van der Waals surface area contributed by atoms with Crippen molar-refractivity contribution in [1.29, 1.82) is 0 Å². The lowest BCUT2D eigenvalue weighted by molar-refractivity contribution is 0.528. The van der Waals surface area contributed by atoms with Crippen molar-refractivity contribution in [2.24, 2.45) is 11.7 Å². The van der Waals surface area contributed by atoms with Crippen LogP contribution in [-0.2, 0) is 12.8 Å². The van der Waals surface area contributed by atoms with Crippen molar-refractivity contribution in [2.75, 3.05) is 6.54 Å². The second-order valence-corrected chi connectivity index (χ2v) is 5.75. The quantitative estimate of drug-likeness (QED) is 0.920. The summed E-state index contributed by atoms with van der Waals surface area (Å²) in [7, 11) is 0. The Hall–Kier alpha value is -0.710. The van der Waals surface area contributed by atoms with E-state index in [1.54, 1.807) is 11.3 Å². The van der Waals surface area contributed by atoms with E-state index in [-0.39, 0.29) is 0 Å². The second-order valence-electron chi connectivity index (χ2n) is 4.12. The molecule has 0 amide bonds. The maximum atomic E-state index is 5.84. The molecule has 1 aromatic carbocycles. The Bertz CT molecular complexity index is 456. The zero-order valence-electron chi connectivity index (χ0n) is 9.47. The Labute approximate surface area is 114 Å². The first kappa shape index (κ1) is 12.7. The van der Waals surface area contributed by atoms with Crippen molar-refractivity contribution in [3.8, 4) is 0 Å². The highest BCUT2D eigenvalue weighted by molar-refractivity contribution is 9.10. The molecule has 1 heterocycles. The number of halogens is 1. The molecular formula is C13H15BrN2S. The molecule has 17 heavy (non-hydrogen) atoms. The van der Waals surface area contributed by atoms with E-state index in [2.05, 4.69) is 44.5 Å². The summed E-state index contributed by atoms with van der Waals surface area (Å²) in [4.78, 5) is 4.32. The average molecular weight is 311 g/mol. The van der Waals surface area contributed by atoms with Crippen molar-refractivity contribution in [3.63, 3.8) is 0 Å². The summed E-state index contributed by atoms with van der Waals surface area (Å²) < 4.78 is 1.12. The van der Waals surface area contributed by atoms with E-state index in [0.717, 1.165) is 23.0 Å². The monoisotopic (exact) mass is 310 g/mol. The third-order valence-electron chi connectivity index (χ3n) is 2.73. The highest BCUT2D eigenvalue weighted by atomic mass is 79.9. The van der Waals surface area contributed by atoms with Gasteiger partial charge in [0, 0.05) is 9.85 Å². The molecule has 1 atom stereocenters. The van der Waals surface area contributed by atoms with Gasteiger partial charge in [0.1, 0.15) is 0 Å². The Kier molecular flexibility index (Phi) is 4.71. The molecule has 0 bridgehead atoms. The summed E-state index contributed by atoms with van der Waals surface area (Å²) in [6.07, 6.45) is 1.97. The molecule has 2 aromatic rings. The first-order valence-electron chi connectivity index (χ1n) is 5.59. The topological polar surface area (TPSA) is 38.9 Å².